The van der Waals surface area contributed by atoms with Crippen LogP contribution in [0, 0.1) is 5.92 Å². The monoisotopic (exact) mass is 284 g/mol. The average molecular weight is 284 g/mol. The summed E-state index contributed by atoms with van der Waals surface area (Å²) in [5.41, 5.74) is 2.49. The van der Waals surface area contributed by atoms with Crippen LogP contribution < -0.4 is 0 Å². The Labute approximate surface area is 122 Å². The smallest absolute Gasteiger partial charge is 0.311 e. The molecule has 2 aromatic rings. The molecular formula is C17H16O4. The molecule has 0 aromatic heterocycles. The van der Waals surface area contributed by atoms with Gasteiger partial charge in [-0.1, -0.05) is 61.5 Å². The molecule has 4 heteroatoms. The van der Waals surface area contributed by atoms with Crippen LogP contribution in [0.5, 0.6) is 0 Å². The first kappa shape index (κ1) is 14.8. The summed E-state index contributed by atoms with van der Waals surface area (Å²) >= 11 is 0. The van der Waals surface area contributed by atoms with Crippen LogP contribution in [0.4, 0.5) is 0 Å². The molecule has 4 nitrogen and oxygen atoms in total. The lowest BCUT2D eigenvalue weighted by molar-refractivity contribution is -0.149. The number of carboxylic acids is 2. The Morgan fingerprint density at radius 3 is 1.81 bits per heavy atom. The van der Waals surface area contributed by atoms with Crippen LogP contribution in [0.1, 0.15) is 18.4 Å². The molecule has 2 aromatic carbocycles. The highest BCUT2D eigenvalue weighted by Gasteiger charge is 2.31. The third-order valence-corrected chi connectivity index (χ3v) is 3.53. The fourth-order valence-electron chi connectivity index (χ4n) is 2.30. The van der Waals surface area contributed by atoms with Crippen LogP contribution in [0.15, 0.2) is 54.6 Å². The second-order valence-electron chi connectivity index (χ2n) is 4.93. The number of hydrogen-bond donors (Lipinski definition) is 2. The molecule has 0 amide bonds. The van der Waals surface area contributed by atoms with E-state index in [1.54, 1.807) is 12.1 Å². The first-order chi connectivity index (χ1) is 10.0. The largest absolute Gasteiger partial charge is 0.481 e. The van der Waals surface area contributed by atoms with E-state index in [0.717, 1.165) is 11.1 Å². The SMILES string of the molecule is CC(C(=O)O)C(C(=O)O)c1ccc(-c2ccccc2)cc1. The molecule has 0 saturated carbocycles. The molecule has 0 bridgehead atoms. The summed E-state index contributed by atoms with van der Waals surface area (Å²) in [5.74, 6) is -4.27. The Morgan fingerprint density at radius 1 is 0.810 bits per heavy atom. The van der Waals surface area contributed by atoms with Gasteiger partial charge in [-0.2, -0.15) is 0 Å². The average Bonchev–Trinajstić information content (AvgIpc) is 2.48. The van der Waals surface area contributed by atoms with Crippen LogP contribution in [-0.2, 0) is 9.59 Å². The molecular weight excluding hydrogens is 268 g/mol. The molecule has 0 heterocycles. The van der Waals surface area contributed by atoms with E-state index in [1.165, 1.54) is 6.92 Å². The van der Waals surface area contributed by atoms with Crippen LogP contribution in [-0.4, -0.2) is 22.2 Å². The number of aliphatic carboxylic acids is 2. The van der Waals surface area contributed by atoms with Gasteiger partial charge in [0, 0.05) is 0 Å². The minimum atomic E-state index is -1.13. The summed E-state index contributed by atoms with van der Waals surface area (Å²) in [6, 6.07) is 16.7. The molecule has 2 unspecified atom stereocenters. The van der Waals surface area contributed by atoms with Gasteiger partial charge in [0.2, 0.25) is 0 Å². The molecule has 2 N–H and O–H groups in total. The van der Waals surface area contributed by atoms with Gasteiger partial charge in [-0.15, -0.1) is 0 Å². The third-order valence-electron chi connectivity index (χ3n) is 3.53. The normalized spacial score (nSPS) is 13.4. The van der Waals surface area contributed by atoms with Crippen molar-refractivity contribution in [2.24, 2.45) is 5.92 Å². The maximum atomic E-state index is 11.3. The number of carboxylic acid groups (broad SMARTS) is 2. The van der Waals surface area contributed by atoms with Crippen molar-refractivity contribution in [3.63, 3.8) is 0 Å². The van der Waals surface area contributed by atoms with Gasteiger partial charge < -0.3 is 10.2 Å². The zero-order chi connectivity index (χ0) is 15.4. The lowest BCUT2D eigenvalue weighted by Gasteiger charge is -2.17. The maximum absolute atomic E-state index is 11.3. The molecule has 0 spiro atoms. The van der Waals surface area contributed by atoms with E-state index in [4.69, 9.17) is 5.11 Å². The standard InChI is InChI=1S/C17H16O4/c1-11(16(18)19)15(17(20)21)14-9-7-13(8-10-14)12-5-3-2-4-6-12/h2-11,15H,1H3,(H,18,19)(H,20,21). The summed E-state index contributed by atoms with van der Waals surface area (Å²) in [6.45, 7) is 1.41. The van der Waals surface area contributed by atoms with Crippen molar-refractivity contribution < 1.29 is 19.8 Å². The van der Waals surface area contributed by atoms with Gasteiger partial charge in [0.15, 0.2) is 0 Å². The zero-order valence-electron chi connectivity index (χ0n) is 11.6. The first-order valence-corrected chi connectivity index (χ1v) is 6.61. The minimum Gasteiger partial charge on any atom is -0.481 e. The van der Waals surface area contributed by atoms with Crippen LogP contribution >= 0.6 is 0 Å². The van der Waals surface area contributed by atoms with Gasteiger partial charge in [0.05, 0.1) is 11.8 Å². The van der Waals surface area contributed by atoms with Gasteiger partial charge in [-0.3, -0.25) is 9.59 Å². The molecule has 0 aliphatic rings. The lowest BCUT2D eigenvalue weighted by atomic mass is 9.86. The first-order valence-electron chi connectivity index (χ1n) is 6.61. The molecule has 2 rings (SSSR count). The third kappa shape index (κ3) is 3.28. The van der Waals surface area contributed by atoms with Gasteiger partial charge in [-0.05, 0) is 16.7 Å². The van der Waals surface area contributed by atoms with Crippen LogP contribution in [0.2, 0.25) is 0 Å². The molecule has 0 fully saturated rings. The molecule has 21 heavy (non-hydrogen) atoms. The van der Waals surface area contributed by atoms with Crippen molar-refractivity contribution in [1.82, 2.24) is 0 Å². The number of carbonyl (C=O) groups is 2. The highest BCUT2D eigenvalue weighted by Crippen LogP contribution is 2.28. The highest BCUT2D eigenvalue weighted by molar-refractivity contribution is 5.84. The number of hydrogen-bond acceptors (Lipinski definition) is 2. The Balaban J connectivity index is 2.32. The topological polar surface area (TPSA) is 74.6 Å². The fourth-order valence-corrected chi connectivity index (χ4v) is 2.30. The Kier molecular flexibility index (Phi) is 4.38. The van der Waals surface area contributed by atoms with Crippen molar-refractivity contribution in [2.75, 3.05) is 0 Å². The van der Waals surface area contributed by atoms with Crippen molar-refractivity contribution >= 4 is 11.9 Å². The van der Waals surface area contributed by atoms with E-state index in [0.29, 0.717) is 5.56 Å². The fraction of sp³-hybridized carbons (Fsp3) is 0.176. The van der Waals surface area contributed by atoms with E-state index < -0.39 is 23.8 Å². The van der Waals surface area contributed by atoms with E-state index in [2.05, 4.69) is 0 Å². The van der Waals surface area contributed by atoms with E-state index in [-0.39, 0.29) is 0 Å². The Morgan fingerprint density at radius 2 is 1.33 bits per heavy atom. The molecule has 108 valence electrons. The van der Waals surface area contributed by atoms with Crippen molar-refractivity contribution in [2.45, 2.75) is 12.8 Å². The number of benzene rings is 2. The maximum Gasteiger partial charge on any atom is 0.311 e. The van der Waals surface area contributed by atoms with Crippen molar-refractivity contribution in [1.29, 1.82) is 0 Å². The van der Waals surface area contributed by atoms with Crippen LogP contribution in [0.3, 0.4) is 0 Å². The van der Waals surface area contributed by atoms with Crippen LogP contribution in [0.25, 0.3) is 11.1 Å². The van der Waals surface area contributed by atoms with Gasteiger partial charge in [0.25, 0.3) is 0 Å². The predicted octanol–water partition coefficient (Wildman–Crippen LogP) is 3.24. The van der Waals surface area contributed by atoms with E-state index >= 15 is 0 Å². The molecule has 2 atom stereocenters. The second-order valence-corrected chi connectivity index (χ2v) is 4.93. The summed E-state index contributed by atoms with van der Waals surface area (Å²) < 4.78 is 0. The molecule has 0 aliphatic carbocycles. The molecule has 0 radical (unpaired) electrons. The van der Waals surface area contributed by atoms with Gasteiger partial charge in [-0.25, -0.2) is 0 Å². The van der Waals surface area contributed by atoms with Crippen molar-refractivity contribution in [3.8, 4) is 11.1 Å². The second kappa shape index (κ2) is 6.22. The quantitative estimate of drug-likeness (QED) is 0.883. The highest BCUT2D eigenvalue weighted by atomic mass is 16.4. The summed E-state index contributed by atoms with van der Waals surface area (Å²) in [6.07, 6.45) is 0. The van der Waals surface area contributed by atoms with Gasteiger partial charge >= 0.3 is 11.9 Å². The number of rotatable bonds is 5. The summed E-state index contributed by atoms with van der Waals surface area (Å²) in [5, 5.41) is 18.3. The van der Waals surface area contributed by atoms with Crippen molar-refractivity contribution in [3.05, 3.63) is 60.2 Å². The van der Waals surface area contributed by atoms with Gasteiger partial charge in [0.1, 0.15) is 0 Å². The lowest BCUT2D eigenvalue weighted by Crippen LogP contribution is -2.25. The minimum absolute atomic E-state index is 0.497. The summed E-state index contributed by atoms with van der Waals surface area (Å²) in [4.78, 5) is 22.4. The van der Waals surface area contributed by atoms with E-state index in [9.17, 15) is 14.7 Å². The Bertz CT molecular complexity index is 632. The predicted molar refractivity (Wildman–Crippen MR) is 79.1 cm³/mol. The summed E-state index contributed by atoms with van der Waals surface area (Å²) in [7, 11) is 0. The molecule has 0 saturated heterocycles. The van der Waals surface area contributed by atoms with E-state index in [1.807, 2.05) is 42.5 Å². The molecule has 0 aliphatic heterocycles. The Hall–Kier alpha value is -2.62. The zero-order valence-corrected chi connectivity index (χ0v) is 11.6.